The van der Waals surface area contributed by atoms with Gasteiger partial charge in [0, 0.05) is 22.7 Å². The second kappa shape index (κ2) is 8.13. The van der Waals surface area contributed by atoms with E-state index in [9.17, 15) is 4.79 Å². The number of furan rings is 1. The third-order valence-electron chi connectivity index (χ3n) is 4.85. The van der Waals surface area contributed by atoms with Gasteiger partial charge in [-0.1, -0.05) is 41.9 Å². The molecule has 5 rings (SSSR count). The van der Waals surface area contributed by atoms with Crippen molar-refractivity contribution in [2.24, 2.45) is 0 Å². The number of nitrogens with zero attached hydrogens (tertiary/aromatic N) is 1. The molecule has 0 aliphatic carbocycles. The van der Waals surface area contributed by atoms with Gasteiger partial charge in [0.05, 0.1) is 0 Å². The number of carbonyl (C=O) groups is 1. The van der Waals surface area contributed by atoms with Crippen molar-refractivity contribution in [1.29, 1.82) is 0 Å². The zero-order valence-corrected chi connectivity index (χ0v) is 17.1. The number of rotatable bonds is 5. The zero-order valence-electron chi connectivity index (χ0n) is 16.3. The van der Waals surface area contributed by atoms with E-state index in [2.05, 4.69) is 10.3 Å². The van der Waals surface area contributed by atoms with Crippen LogP contribution in [0, 0.1) is 0 Å². The van der Waals surface area contributed by atoms with Crippen LogP contribution in [0.1, 0.15) is 22.0 Å². The van der Waals surface area contributed by atoms with E-state index in [0.717, 1.165) is 11.1 Å². The lowest BCUT2D eigenvalue weighted by Gasteiger charge is -2.02. The first-order valence-corrected chi connectivity index (χ1v) is 10.1. The highest BCUT2D eigenvalue weighted by atomic mass is 35.5. The number of carbonyl (C=O) groups excluding carboxylic acids is 1. The van der Waals surface area contributed by atoms with E-state index >= 15 is 0 Å². The summed E-state index contributed by atoms with van der Waals surface area (Å²) in [6, 6.07) is 26.0. The summed E-state index contributed by atoms with van der Waals surface area (Å²) in [5.74, 6) is 1.10. The lowest BCUT2D eigenvalue weighted by atomic mass is 10.1. The van der Waals surface area contributed by atoms with Gasteiger partial charge in [0.25, 0.3) is 5.91 Å². The van der Waals surface area contributed by atoms with Crippen LogP contribution in [0.25, 0.3) is 22.4 Å². The number of hydrogen-bond donors (Lipinski definition) is 1. The molecule has 152 valence electrons. The fraction of sp³-hybridized carbons (Fsp3) is 0.0400. The van der Waals surface area contributed by atoms with E-state index < -0.39 is 0 Å². The van der Waals surface area contributed by atoms with Crippen molar-refractivity contribution in [3.8, 4) is 11.3 Å². The van der Waals surface area contributed by atoms with Crippen LogP contribution in [0.4, 0.5) is 5.69 Å². The summed E-state index contributed by atoms with van der Waals surface area (Å²) in [7, 11) is 0. The maximum absolute atomic E-state index is 12.6. The highest BCUT2D eigenvalue weighted by Gasteiger charge is 2.14. The molecule has 0 fully saturated rings. The van der Waals surface area contributed by atoms with Gasteiger partial charge < -0.3 is 14.2 Å². The van der Waals surface area contributed by atoms with Crippen molar-refractivity contribution < 1.29 is 13.6 Å². The molecule has 0 saturated heterocycles. The van der Waals surface area contributed by atoms with Crippen LogP contribution >= 0.6 is 11.6 Å². The lowest BCUT2D eigenvalue weighted by molar-refractivity contribution is 0.0997. The van der Waals surface area contributed by atoms with Gasteiger partial charge in [-0.05, 0) is 60.2 Å². The van der Waals surface area contributed by atoms with E-state index in [0.29, 0.717) is 39.9 Å². The fourth-order valence-corrected chi connectivity index (χ4v) is 3.45. The van der Waals surface area contributed by atoms with Gasteiger partial charge in [-0.15, -0.1) is 0 Å². The summed E-state index contributed by atoms with van der Waals surface area (Å²) in [5.41, 5.74) is 3.94. The second-order valence-corrected chi connectivity index (χ2v) is 7.51. The Bertz CT molecular complexity index is 1350. The molecule has 0 unspecified atom stereocenters. The Morgan fingerprint density at radius 3 is 2.52 bits per heavy atom. The number of nitrogens with one attached hydrogen (secondary N) is 1. The Balaban J connectivity index is 1.32. The molecule has 5 nitrogen and oxygen atoms in total. The van der Waals surface area contributed by atoms with Crippen LogP contribution in [0.3, 0.4) is 0 Å². The van der Waals surface area contributed by atoms with Crippen molar-refractivity contribution >= 4 is 34.3 Å². The van der Waals surface area contributed by atoms with Crippen LogP contribution in [0.15, 0.2) is 93.8 Å². The minimum absolute atomic E-state index is 0.218. The molecule has 2 aromatic heterocycles. The summed E-state index contributed by atoms with van der Waals surface area (Å²) >= 11 is 5.92. The molecule has 0 aliphatic rings. The van der Waals surface area contributed by atoms with E-state index in [1.54, 1.807) is 42.5 Å². The molecule has 0 saturated carbocycles. The number of anilines is 1. The van der Waals surface area contributed by atoms with Crippen LogP contribution in [0.2, 0.25) is 5.02 Å². The topological polar surface area (TPSA) is 68.3 Å². The van der Waals surface area contributed by atoms with Gasteiger partial charge in [0.15, 0.2) is 17.2 Å². The molecule has 6 heteroatoms. The second-order valence-electron chi connectivity index (χ2n) is 7.08. The summed E-state index contributed by atoms with van der Waals surface area (Å²) < 4.78 is 11.5. The highest BCUT2D eigenvalue weighted by Crippen LogP contribution is 2.25. The first-order chi connectivity index (χ1) is 15.1. The van der Waals surface area contributed by atoms with Crippen molar-refractivity contribution in [2.75, 3.05) is 5.32 Å². The molecular weight excluding hydrogens is 412 g/mol. The van der Waals surface area contributed by atoms with Crippen LogP contribution < -0.4 is 5.32 Å². The van der Waals surface area contributed by atoms with Gasteiger partial charge in [-0.2, -0.15) is 0 Å². The van der Waals surface area contributed by atoms with Crippen LogP contribution in [-0.2, 0) is 6.42 Å². The van der Waals surface area contributed by atoms with E-state index in [1.807, 2.05) is 42.5 Å². The van der Waals surface area contributed by atoms with Crippen molar-refractivity contribution in [3.63, 3.8) is 0 Å². The Labute approximate surface area is 183 Å². The minimum atomic E-state index is -0.340. The predicted octanol–water partition coefficient (Wildman–Crippen LogP) is 6.58. The maximum Gasteiger partial charge on any atom is 0.291 e. The monoisotopic (exact) mass is 428 g/mol. The van der Waals surface area contributed by atoms with Gasteiger partial charge in [0.1, 0.15) is 11.3 Å². The quantitative estimate of drug-likeness (QED) is 0.343. The van der Waals surface area contributed by atoms with Gasteiger partial charge >= 0.3 is 0 Å². The first kappa shape index (κ1) is 19.2. The molecule has 0 atom stereocenters. The zero-order chi connectivity index (χ0) is 21.2. The van der Waals surface area contributed by atoms with Gasteiger partial charge in [0.2, 0.25) is 0 Å². The average molecular weight is 429 g/mol. The number of amides is 1. The average Bonchev–Trinajstić information content (AvgIpc) is 3.42. The summed E-state index contributed by atoms with van der Waals surface area (Å²) in [5, 5.41) is 3.49. The predicted molar refractivity (Wildman–Crippen MR) is 120 cm³/mol. The Hall–Kier alpha value is -3.83. The normalized spacial score (nSPS) is 11.0. The third kappa shape index (κ3) is 4.22. The molecule has 0 aliphatic heterocycles. The summed E-state index contributed by atoms with van der Waals surface area (Å²) in [6.45, 7) is 0. The molecule has 3 aromatic carbocycles. The SMILES string of the molecule is O=C(Nc1ccc2oc(Cc3ccccc3)nc2c1)c1ccc(-c2ccc(Cl)cc2)o1. The molecule has 0 spiro atoms. The largest absolute Gasteiger partial charge is 0.451 e. The number of halogens is 1. The van der Waals surface area contributed by atoms with Crippen molar-refractivity contribution in [2.45, 2.75) is 6.42 Å². The number of oxazole rings is 1. The summed E-state index contributed by atoms with van der Waals surface area (Å²) in [6.07, 6.45) is 0.608. The van der Waals surface area contributed by atoms with E-state index in [-0.39, 0.29) is 11.7 Å². The molecule has 5 aromatic rings. The lowest BCUT2D eigenvalue weighted by Crippen LogP contribution is -2.10. The standard InChI is InChI=1S/C25H17ClN2O3/c26-18-8-6-17(7-9-18)21-12-13-23(30-21)25(29)27-19-10-11-22-20(15-19)28-24(31-22)14-16-4-2-1-3-5-16/h1-13,15H,14H2,(H,27,29). The van der Waals surface area contributed by atoms with Crippen molar-refractivity contribution in [1.82, 2.24) is 4.98 Å². The number of aromatic nitrogens is 1. The molecule has 0 radical (unpaired) electrons. The van der Waals surface area contributed by atoms with Crippen LogP contribution in [0.5, 0.6) is 0 Å². The smallest absolute Gasteiger partial charge is 0.291 e. The number of fused-ring (bicyclic) bond motifs is 1. The molecule has 1 N–H and O–H groups in total. The van der Waals surface area contributed by atoms with E-state index in [1.165, 1.54) is 0 Å². The Kier molecular flexibility index (Phi) is 5.02. The van der Waals surface area contributed by atoms with Crippen LogP contribution in [-0.4, -0.2) is 10.9 Å². The first-order valence-electron chi connectivity index (χ1n) is 9.74. The molecular formula is C25H17ClN2O3. The van der Waals surface area contributed by atoms with Gasteiger partial charge in [-0.3, -0.25) is 4.79 Å². The fourth-order valence-electron chi connectivity index (χ4n) is 3.32. The maximum atomic E-state index is 12.6. The van der Waals surface area contributed by atoms with E-state index in [4.69, 9.17) is 20.4 Å². The van der Waals surface area contributed by atoms with Crippen molar-refractivity contribution in [3.05, 3.63) is 107 Å². The molecule has 2 heterocycles. The minimum Gasteiger partial charge on any atom is -0.451 e. The summed E-state index contributed by atoms with van der Waals surface area (Å²) in [4.78, 5) is 17.2. The number of benzene rings is 3. The number of hydrogen-bond acceptors (Lipinski definition) is 4. The Morgan fingerprint density at radius 1 is 0.903 bits per heavy atom. The molecule has 1 amide bonds. The molecule has 0 bridgehead atoms. The third-order valence-corrected chi connectivity index (χ3v) is 5.10. The molecule has 31 heavy (non-hydrogen) atoms. The highest BCUT2D eigenvalue weighted by molar-refractivity contribution is 6.30. The Morgan fingerprint density at radius 2 is 1.71 bits per heavy atom. The van der Waals surface area contributed by atoms with Gasteiger partial charge in [-0.25, -0.2) is 4.98 Å².